The predicted molar refractivity (Wildman–Crippen MR) is 108 cm³/mol. The van der Waals surface area contributed by atoms with Gasteiger partial charge < -0.3 is 16.0 Å². The predicted octanol–water partition coefficient (Wildman–Crippen LogP) is 1.26. The highest BCUT2D eigenvalue weighted by atomic mass is 35.5. The topological polar surface area (TPSA) is 78.7 Å². The van der Waals surface area contributed by atoms with Gasteiger partial charge in [-0.1, -0.05) is 6.42 Å². The molecular formula is C18H34Cl2N4O2. The van der Waals surface area contributed by atoms with E-state index in [4.69, 9.17) is 5.73 Å². The number of carbonyl (C=O) groups is 2. The molecule has 3 aliphatic rings. The molecule has 1 saturated heterocycles. The van der Waals surface area contributed by atoms with Crippen LogP contribution in [-0.2, 0) is 9.59 Å². The summed E-state index contributed by atoms with van der Waals surface area (Å²) in [6.45, 7) is 6.60. The molecule has 1 aliphatic heterocycles. The zero-order chi connectivity index (χ0) is 17.1. The molecule has 3 rings (SSSR count). The second-order valence-electron chi connectivity index (χ2n) is 7.84. The fourth-order valence-electron chi connectivity index (χ4n) is 4.77. The number of amides is 2. The minimum absolute atomic E-state index is 0. The lowest BCUT2D eigenvalue weighted by atomic mass is 9.65. The third-order valence-corrected chi connectivity index (χ3v) is 6.33. The van der Waals surface area contributed by atoms with E-state index in [-0.39, 0.29) is 42.5 Å². The molecule has 2 saturated carbocycles. The summed E-state index contributed by atoms with van der Waals surface area (Å²) in [5, 5.41) is 3.14. The lowest BCUT2D eigenvalue weighted by Crippen LogP contribution is -2.51. The average Bonchev–Trinajstić information content (AvgIpc) is 2.55. The van der Waals surface area contributed by atoms with Crippen molar-refractivity contribution in [2.24, 2.45) is 23.5 Å². The number of piperazine rings is 1. The molecule has 2 unspecified atom stereocenters. The molecule has 1 heterocycles. The third kappa shape index (κ3) is 5.72. The van der Waals surface area contributed by atoms with Crippen LogP contribution in [0.4, 0.5) is 0 Å². The summed E-state index contributed by atoms with van der Waals surface area (Å²) in [6, 6.07) is 0.320. The molecule has 0 aromatic carbocycles. The van der Waals surface area contributed by atoms with Gasteiger partial charge in [0, 0.05) is 58.2 Å². The molecule has 0 aromatic heterocycles. The van der Waals surface area contributed by atoms with Crippen molar-refractivity contribution < 1.29 is 9.59 Å². The van der Waals surface area contributed by atoms with Gasteiger partial charge in [0.05, 0.1) is 0 Å². The van der Waals surface area contributed by atoms with Gasteiger partial charge in [0.25, 0.3) is 0 Å². The zero-order valence-corrected chi connectivity index (χ0v) is 17.3. The van der Waals surface area contributed by atoms with Gasteiger partial charge in [-0.3, -0.25) is 14.5 Å². The van der Waals surface area contributed by atoms with Crippen LogP contribution in [0.3, 0.4) is 0 Å². The lowest BCUT2D eigenvalue weighted by Gasteiger charge is -2.43. The van der Waals surface area contributed by atoms with E-state index in [1.54, 1.807) is 6.92 Å². The van der Waals surface area contributed by atoms with E-state index in [1.165, 1.54) is 19.3 Å². The monoisotopic (exact) mass is 408 g/mol. The summed E-state index contributed by atoms with van der Waals surface area (Å²) >= 11 is 0. The SMILES string of the molecule is CC(=O)N1CCN(CCNC(=O)C2CC3CCCC(C2)C3N)CC1.Cl.Cl. The van der Waals surface area contributed by atoms with Crippen molar-refractivity contribution in [3.8, 4) is 0 Å². The van der Waals surface area contributed by atoms with Gasteiger partial charge in [0.15, 0.2) is 0 Å². The van der Waals surface area contributed by atoms with Gasteiger partial charge in [-0.15, -0.1) is 24.8 Å². The normalized spacial score (nSPS) is 31.4. The Morgan fingerprint density at radius 1 is 1.04 bits per heavy atom. The Morgan fingerprint density at radius 2 is 1.62 bits per heavy atom. The minimum atomic E-state index is 0. The van der Waals surface area contributed by atoms with Crippen molar-refractivity contribution in [1.82, 2.24) is 15.1 Å². The van der Waals surface area contributed by atoms with E-state index in [9.17, 15) is 9.59 Å². The molecule has 8 heteroatoms. The highest BCUT2D eigenvalue weighted by molar-refractivity contribution is 5.85. The third-order valence-electron chi connectivity index (χ3n) is 6.33. The highest BCUT2D eigenvalue weighted by Crippen LogP contribution is 2.41. The van der Waals surface area contributed by atoms with E-state index < -0.39 is 0 Å². The molecule has 3 fully saturated rings. The summed E-state index contributed by atoms with van der Waals surface area (Å²) in [5.74, 6) is 1.64. The Hall–Kier alpha value is -0.560. The molecular weight excluding hydrogens is 375 g/mol. The highest BCUT2D eigenvalue weighted by Gasteiger charge is 2.40. The smallest absolute Gasteiger partial charge is 0.223 e. The molecule has 0 aromatic rings. The molecule has 0 radical (unpaired) electrons. The Morgan fingerprint density at radius 3 is 2.15 bits per heavy atom. The number of nitrogens with two attached hydrogens (primary N) is 1. The first-order valence-electron chi connectivity index (χ1n) is 9.55. The Balaban J connectivity index is 0.00000169. The molecule has 0 spiro atoms. The molecule has 6 nitrogen and oxygen atoms in total. The van der Waals surface area contributed by atoms with Gasteiger partial charge in [-0.05, 0) is 37.5 Å². The Labute approximate surface area is 169 Å². The summed E-state index contributed by atoms with van der Waals surface area (Å²) in [5.41, 5.74) is 6.31. The number of rotatable bonds is 4. The van der Waals surface area contributed by atoms with Gasteiger partial charge in [-0.2, -0.15) is 0 Å². The van der Waals surface area contributed by atoms with Crippen LogP contribution in [-0.4, -0.2) is 66.9 Å². The van der Waals surface area contributed by atoms with E-state index in [2.05, 4.69) is 10.2 Å². The van der Waals surface area contributed by atoms with Gasteiger partial charge in [0.2, 0.25) is 11.8 Å². The number of hydrogen-bond donors (Lipinski definition) is 2. The van der Waals surface area contributed by atoms with Crippen molar-refractivity contribution in [2.45, 2.75) is 45.1 Å². The molecule has 3 N–H and O–H groups in total. The van der Waals surface area contributed by atoms with Crippen LogP contribution in [0.1, 0.15) is 39.0 Å². The van der Waals surface area contributed by atoms with Crippen molar-refractivity contribution in [3.63, 3.8) is 0 Å². The first-order chi connectivity index (χ1) is 11.5. The van der Waals surface area contributed by atoms with Crippen LogP contribution in [0, 0.1) is 17.8 Å². The van der Waals surface area contributed by atoms with Crippen LogP contribution in [0.2, 0.25) is 0 Å². The first kappa shape index (κ1) is 23.5. The number of nitrogens with zero attached hydrogens (tertiary/aromatic N) is 2. The lowest BCUT2D eigenvalue weighted by molar-refractivity contribution is -0.130. The van der Waals surface area contributed by atoms with Crippen molar-refractivity contribution in [3.05, 3.63) is 0 Å². The van der Waals surface area contributed by atoms with Crippen LogP contribution < -0.4 is 11.1 Å². The van der Waals surface area contributed by atoms with E-state index in [1.807, 2.05) is 4.90 Å². The molecule has 2 amide bonds. The Bertz CT molecular complexity index is 458. The number of hydrogen-bond acceptors (Lipinski definition) is 4. The van der Waals surface area contributed by atoms with Crippen LogP contribution in [0.15, 0.2) is 0 Å². The maximum Gasteiger partial charge on any atom is 0.223 e. The number of nitrogens with one attached hydrogen (secondary N) is 1. The Kier molecular flexibility index (Phi) is 9.65. The maximum absolute atomic E-state index is 12.5. The van der Waals surface area contributed by atoms with Crippen molar-refractivity contribution in [1.29, 1.82) is 0 Å². The average molecular weight is 409 g/mol. The zero-order valence-electron chi connectivity index (χ0n) is 15.7. The molecule has 152 valence electrons. The first-order valence-corrected chi connectivity index (χ1v) is 9.55. The second kappa shape index (κ2) is 10.7. The summed E-state index contributed by atoms with van der Waals surface area (Å²) < 4.78 is 0. The quantitative estimate of drug-likeness (QED) is 0.733. The van der Waals surface area contributed by atoms with E-state index in [0.717, 1.165) is 45.6 Å². The summed E-state index contributed by atoms with van der Waals surface area (Å²) in [7, 11) is 0. The van der Waals surface area contributed by atoms with Gasteiger partial charge in [-0.25, -0.2) is 0 Å². The second-order valence-corrected chi connectivity index (χ2v) is 7.84. The molecule has 2 atom stereocenters. The summed E-state index contributed by atoms with van der Waals surface area (Å²) in [6.07, 6.45) is 5.62. The van der Waals surface area contributed by atoms with Crippen molar-refractivity contribution >= 4 is 36.6 Å². The number of carbonyl (C=O) groups excluding carboxylic acids is 2. The van der Waals surface area contributed by atoms with Gasteiger partial charge in [0.1, 0.15) is 0 Å². The van der Waals surface area contributed by atoms with Crippen molar-refractivity contribution in [2.75, 3.05) is 39.3 Å². The van der Waals surface area contributed by atoms with E-state index >= 15 is 0 Å². The minimum Gasteiger partial charge on any atom is -0.355 e. The standard InChI is InChI=1S/C18H32N4O2.2ClH/c1-13(23)22-9-7-21(8-10-22)6-5-20-18(24)16-11-14-3-2-4-15(12-16)17(14)19;;/h14-17H,2-12,19H2,1H3,(H,20,24);2*1H. The largest absolute Gasteiger partial charge is 0.355 e. The van der Waals surface area contributed by atoms with Gasteiger partial charge >= 0.3 is 0 Å². The molecule has 2 bridgehead atoms. The summed E-state index contributed by atoms with van der Waals surface area (Å²) in [4.78, 5) is 28.0. The van der Waals surface area contributed by atoms with Crippen LogP contribution in [0.25, 0.3) is 0 Å². The fraction of sp³-hybridized carbons (Fsp3) is 0.889. The van der Waals surface area contributed by atoms with E-state index in [0.29, 0.717) is 24.4 Å². The fourth-order valence-corrected chi connectivity index (χ4v) is 4.77. The molecule has 26 heavy (non-hydrogen) atoms. The van der Waals surface area contributed by atoms with Crippen LogP contribution in [0.5, 0.6) is 0 Å². The van der Waals surface area contributed by atoms with Crippen LogP contribution >= 0.6 is 24.8 Å². The molecule has 2 aliphatic carbocycles. The number of fused-ring (bicyclic) bond motifs is 2. The maximum atomic E-state index is 12.5. The number of halogens is 2.